The van der Waals surface area contributed by atoms with Crippen LogP contribution in [0.1, 0.15) is 52.5 Å². The predicted octanol–water partition coefficient (Wildman–Crippen LogP) is 0.549. The van der Waals surface area contributed by atoms with E-state index < -0.39 is 16.7 Å². The van der Waals surface area contributed by atoms with Crippen molar-refractivity contribution in [3.63, 3.8) is 0 Å². The largest absolute Gasteiger partial charge is 0.436 e. The van der Waals surface area contributed by atoms with Gasteiger partial charge in [0.2, 0.25) is 5.76 Å². The number of aromatic nitrogens is 2. The van der Waals surface area contributed by atoms with Gasteiger partial charge in [0.05, 0.1) is 37.1 Å². The highest BCUT2D eigenvalue weighted by Crippen LogP contribution is 2.59. The molecule has 1 spiro atoms. The summed E-state index contributed by atoms with van der Waals surface area (Å²) in [5.41, 5.74) is 1.59. The van der Waals surface area contributed by atoms with E-state index in [1.807, 2.05) is 4.90 Å². The van der Waals surface area contributed by atoms with Crippen molar-refractivity contribution in [3.8, 4) is 0 Å². The highest BCUT2D eigenvalue weighted by molar-refractivity contribution is 6.47. The monoisotopic (exact) mass is 449 g/mol. The van der Waals surface area contributed by atoms with Crippen LogP contribution in [0.5, 0.6) is 0 Å². The molecule has 4 heterocycles. The third-order valence-electron chi connectivity index (χ3n) is 7.63. The van der Waals surface area contributed by atoms with Crippen LogP contribution in [0.15, 0.2) is 22.9 Å². The number of nitrogens with zero attached hydrogens (tertiary/aromatic N) is 4. The molecule has 2 aliphatic heterocycles. The second-order valence-corrected chi connectivity index (χ2v) is 9.80. The Morgan fingerprint density at radius 2 is 1.82 bits per heavy atom. The molecule has 12 heteroatoms. The molecule has 1 aliphatic carbocycles. The highest BCUT2D eigenvalue weighted by atomic mass is 16.4. The number of rotatable bonds is 3. The van der Waals surface area contributed by atoms with Gasteiger partial charge < -0.3 is 19.5 Å². The zero-order valence-electron chi connectivity index (χ0n) is 19.4. The van der Waals surface area contributed by atoms with Gasteiger partial charge in [-0.3, -0.25) is 9.78 Å². The van der Waals surface area contributed by atoms with E-state index in [0.29, 0.717) is 54.0 Å². The van der Waals surface area contributed by atoms with Gasteiger partial charge in [-0.2, -0.15) is 0 Å². The molecule has 34 heavy (non-hydrogen) atoms. The van der Waals surface area contributed by atoms with Crippen LogP contribution in [0.25, 0.3) is 0 Å². The maximum Gasteiger partial charge on any atom is 0.316 e. The number of pyridine rings is 1. The lowest BCUT2D eigenvalue weighted by molar-refractivity contribution is 0.0634. The Hall–Kier alpha value is -2.64. The van der Waals surface area contributed by atoms with E-state index in [2.05, 4.69) is 15.3 Å². The first-order chi connectivity index (χ1) is 16.0. The summed E-state index contributed by atoms with van der Waals surface area (Å²) in [6.45, 7) is 5.23. The Morgan fingerprint density at radius 3 is 2.44 bits per heavy atom. The van der Waals surface area contributed by atoms with Crippen LogP contribution in [-0.4, -0.2) is 82.7 Å². The number of oxazole rings is 1. The van der Waals surface area contributed by atoms with E-state index in [4.69, 9.17) is 35.8 Å². The van der Waals surface area contributed by atoms with E-state index in [-0.39, 0.29) is 11.3 Å². The van der Waals surface area contributed by atoms with Crippen LogP contribution in [0.2, 0.25) is 0 Å². The summed E-state index contributed by atoms with van der Waals surface area (Å²) in [5, 5.41) is -0.419. The molecular weight excluding hydrogens is 426 g/mol. The van der Waals surface area contributed by atoms with Crippen molar-refractivity contribution in [1.29, 1.82) is 0 Å². The lowest BCUT2D eigenvalue weighted by atomic mass is 9.57. The van der Waals surface area contributed by atoms with Crippen molar-refractivity contribution in [2.45, 2.75) is 43.8 Å². The number of hydrogen-bond acceptors (Lipinski definition) is 5. The quantitative estimate of drug-likeness (QED) is 0.693. The normalized spacial score (nSPS) is 23.5. The third kappa shape index (κ3) is 3.48. The van der Waals surface area contributed by atoms with E-state index in [9.17, 15) is 9.59 Å². The number of hydrogen-bond donors (Lipinski definition) is 1. The molecule has 1 unspecified atom stereocenters. The Bertz CT molecular complexity index is 1120. The number of aryl methyl sites for hydroxylation is 2. The van der Waals surface area contributed by atoms with Gasteiger partial charge in [-0.1, -0.05) is 0 Å². The minimum Gasteiger partial charge on any atom is -0.436 e. The highest BCUT2D eigenvalue weighted by Gasteiger charge is 2.56. The van der Waals surface area contributed by atoms with Crippen LogP contribution >= 0.6 is 0 Å². The minimum absolute atomic E-state index is 0.110. The minimum atomic E-state index is -1.68. The number of urea groups is 1. The maximum atomic E-state index is 13.1. The molecule has 2 aromatic rings. The fourth-order valence-electron chi connectivity index (χ4n) is 5.60. The Balaban J connectivity index is 1.18. The van der Waals surface area contributed by atoms with Gasteiger partial charge in [0.1, 0.15) is 0 Å². The van der Waals surface area contributed by atoms with E-state index in [1.54, 1.807) is 19.9 Å². The first-order valence-corrected chi connectivity index (χ1v) is 11.4. The number of carbonyl (C=O) groups is 2. The van der Waals surface area contributed by atoms with Crippen molar-refractivity contribution in [2.24, 2.45) is 11.3 Å². The van der Waals surface area contributed by atoms with Crippen LogP contribution in [-0.2, 0) is 10.7 Å². The fourth-order valence-corrected chi connectivity index (χ4v) is 5.60. The van der Waals surface area contributed by atoms with E-state index >= 15 is 0 Å². The third-order valence-corrected chi connectivity index (χ3v) is 7.63. The summed E-state index contributed by atoms with van der Waals surface area (Å²) in [7, 11) is 25.1. The maximum absolute atomic E-state index is 13.1. The van der Waals surface area contributed by atoms with Gasteiger partial charge >= 0.3 is 6.03 Å². The molecule has 1 saturated heterocycles. The zero-order valence-corrected chi connectivity index (χ0v) is 19.4. The van der Waals surface area contributed by atoms with Gasteiger partial charge in [0.15, 0.2) is 5.89 Å². The van der Waals surface area contributed by atoms with Gasteiger partial charge in [-0.05, 0) is 65.4 Å². The molecule has 1 saturated carbocycles. The summed E-state index contributed by atoms with van der Waals surface area (Å²) in [6, 6.07) is 1.08. The number of nitrogens with one attached hydrogen (secondary N) is 1. The van der Waals surface area contributed by atoms with Crippen molar-refractivity contribution in [2.75, 3.05) is 19.6 Å². The van der Waals surface area contributed by atoms with Crippen LogP contribution in [0.3, 0.4) is 0 Å². The Labute approximate surface area is 204 Å². The van der Waals surface area contributed by atoms with Gasteiger partial charge in [-0.25, -0.2) is 9.78 Å². The molecule has 1 N–H and O–H groups in total. The molecule has 2 fully saturated rings. The zero-order chi connectivity index (χ0) is 24.5. The summed E-state index contributed by atoms with van der Waals surface area (Å²) in [5.74, 6) is 0.979. The molecule has 2 aromatic heterocycles. The lowest BCUT2D eigenvalue weighted by Crippen LogP contribution is -2.59. The summed E-state index contributed by atoms with van der Waals surface area (Å²) in [4.78, 5) is 37.0. The average molecular weight is 449 g/mol. The van der Waals surface area contributed by atoms with Gasteiger partial charge in [-0.15, -0.1) is 0 Å². The molecular formula is C22H23B4N5O3. The summed E-state index contributed by atoms with van der Waals surface area (Å²) in [6.07, 6.45) is 5.71. The standard InChI is InChI=1S/C22H23B4N5O3/c1-12-17(34-13(2)29-12)18(32)30-7-4-20(5-8-30)9-14(20)10-28-19(33)31-21(23,24)15-3-6-27-11-16(15)22(31,25)26/h3,6,11,14H,4-5,7-10H2,1-2H3,(H,28,33). The Morgan fingerprint density at radius 1 is 1.15 bits per heavy atom. The number of amides is 3. The van der Waals surface area contributed by atoms with Crippen molar-refractivity contribution >= 4 is 43.3 Å². The molecule has 3 amide bonds. The van der Waals surface area contributed by atoms with Crippen LogP contribution in [0.4, 0.5) is 4.79 Å². The molecule has 1 atom stereocenters. The average Bonchev–Trinajstić information content (AvgIpc) is 3.28. The lowest BCUT2D eigenvalue weighted by Gasteiger charge is -2.43. The summed E-state index contributed by atoms with van der Waals surface area (Å²) < 4.78 is 5.49. The topological polar surface area (TPSA) is 91.6 Å². The molecule has 8 nitrogen and oxygen atoms in total. The van der Waals surface area contributed by atoms with Crippen molar-refractivity contribution in [3.05, 3.63) is 46.9 Å². The first-order valence-electron chi connectivity index (χ1n) is 11.4. The molecule has 0 aromatic carbocycles. The first kappa shape index (κ1) is 23.1. The van der Waals surface area contributed by atoms with Crippen molar-refractivity contribution < 1.29 is 14.0 Å². The molecule has 0 bridgehead atoms. The van der Waals surface area contributed by atoms with E-state index in [0.717, 1.165) is 24.2 Å². The second kappa shape index (κ2) is 7.68. The smallest absolute Gasteiger partial charge is 0.316 e. The van der Waals surface area contributed by atoms with Crippen LogP contribution < -0.4 is 5.32 Å². The second-order valence-electron chi connectivity index (χ2n) is 9.80. The van der Waals surface area contributed by atoms with Gasteiger partial charge in [0, 0.05) is 39.0 Å². The number of carbonyl (C=O) groups excluding carboxylic acids is 2. The van der Waals surface area contributed by atoms with E-state index in [1.165, 1.54) is 12.4 Å². The van der Waals surface area contributed by atoms with Gasteiger partial charge in [0.25, 0.3) is 5.91 Å². The number of fused-ring (bicyclic) bond motifs is 1. The number of piperidine rings is 1. The number of likely N-dealkylation sites (tertiary alicyclic amines) is 1. The molecule has 5 rings (SSSR count). The Kier molecular flexibility index (Phi) is 5.22. The molecule has 3 aliphatic rings. The molecule has 166 valence electrons. The predicted molar refractivity (Wildman–Crippen MR) is 128 cm³/mol. The van der Waals surface area contributed by atoms with Crippen LogP contribution in [0, 0.1) is 25.2 Å². The SMILES string of the molecule is [B]C1([B])c2ccncc2C([B])([B])N1C(=O)NCC1CC12CCN(C(=O)c1oc(C)nc1C)CC2. The molecule has 8 radical (unpaired) electrons. The van der Waals surface area contributed by atoms with Crippen molar-refractivity contribution in [1.82, 2.24) is 25.1 Å². The fraction of sp³-hybridized carbons (Fsp3) is 0.545. The summed E-state index contributed by atoms with van der Waals surface area (Å²) >= 11 is 0.